The molecule has 2 heterocycles. The molecular formula is C38H46N12S2. The van der Waals surface area contributed by atoms with E-state index < -0.39 is 0 Å². The molecule has 0 radical (unpaired) electrons. The highest BCUT2D eigenvalue weighted by molar-refractivity contribution is 7.19. The Kier molecular flexibility index (Phi) is 12.9. The molecule has 0 bridgehead atoms. The van der Waals surface area contributed by atoms with Crippen LogP contribution in [0.15, 0.2) is 84.9 Å². The summed E-state index contributed by atoms with van der Waals surface area (Å²) >= 11 is 3.50. The average molecular weight is 735 g/mol. The smallest absolute Gasteiger partial charge is 0.185 e. The predicted molar refractivity (Wildman–Crippen MR) is 218 cm³/mol. The molecule has 16 N–H and O–H groups in total. The van der Waals surface area contributed by atoms with E-state index in [4.69, 9.17) is 44.6 Å². The van der Waals surface area contributed by atoms with Gasteiger partial charge in [0.2, 0.25) is 0 Å². The van der Waals surface area contributed by atoms with Crippen LogP contribution in [0.3, 0.4) is 0 Å². The zero-order valence-corrected chi connectivity index (χ0v) is 30.5. The van der Waals surface area contributed by atoms with Crippen LogP contribution in [-0.4, -0.2) is 50.0 Å². The lowest BCUT2D eigenvalue weighted by Crippen LogP contribution is -2.32. The molecule has 270 valence electrons. The van der Waals surface area contributed by atoms with Crippen molar-refractivity contribution in [3.63, 3.8) is 0 Å². The van der Waals surface area contributed by atoms with Crippen molar-refractivity contribution in [2.75, 3.05) is 26.2 Å². The molecular weight excluding hydrogens is 689 g/mol. The minimum absolute atomic E-state index is 0.0419. The monoisotopic (exact) mass is 734 g/mol. The second-order valence-corrected chi connectivity index (χ2v) is 14.5. The first-order chi connectivity index (χ1) is 25.0. The number of benzene rings is 3. The lowest BCUT2D eigenvalue weighted by Gasteiger charge is -2.11. The van der Waals surface area contributed by atoms with Gasteiger partial charge in [0.25, 0.3) is 0 Å². The van der Waals surface area contributed by atoms with Crippen molar-refractivity contribution in [1.29, 1.82) is 21.6 Å². The van der Waals surface area contributed by atoms with Crippen LogP contribution in [0, 0.1) is 21.6 Å². The summed E-state index contributed by atoms with van der Waals surface area (Å²) in [7, 11) is 0. The van der Waals surface area contributed by atoms with Crippen molar-refractivity contribution in [2.45, 2.75) is 25.7 Å². The molecule has 12 nitrogen and oxygen atoms in total. The second kappa shape index (κ2) is 17.9. The van der Waals surface area contributed by atoms with E-state index in [1.165, 1.54) is 9.75 Å². The van der Waals surface area contributed by atoms with E-state index >= 15 is 0 Å². The van der Waals surface area contributed by atoms with Gasteiger partial charge < -0.3 is 44.2 Å². The molecule has 5 aromatic rings. The molecule has 0 spiro atoms. The number of nitrogens with one attached hydrogen (secondary N) is 8. The van der Waals surface area contributed by atoms with Crippen molar-refractivity contribution in [1.82, 2.24) is 21.3 Å². The average Bonchev–Trinajstić information content (AvgIpc) is 3.79. The van der Waals surface area contributed by atoms with Gasteiger partial charge in [0.05, 0.1) is 0 Å². The number of hydrogen-bond donors (Lipinski definition) is 12. The van der Waals surface area contributed by atoms with Gasteiger partial charge in [-0.1, -0.05) is 54.6 Å². The zero-order valence-electron chi connectivity index (χ0n) is 28.9. The number of nitrogens with two attached hydrogens (primary N) is 4. The molecule has 0 unspecified atom stereocenters. The van der Waals surface area contributed by atoms with Crippen molar-refractivity contribution in [3.8, 4) is 41.8 Å². The number of rotatable bonds is 16. The van der Waals surface area contributed by atoms with Gasteiger partial charge in [0.1, 0.15) is 0 Å². The standard InChI is InChI=1S/C38H46N12S2/c39-35(40)47-12-8-23-16-24(9-13-48-36(41)42)19-29(18-23)33-6-4-31(51-33)27-2-1-3-28(22-27)32-5-7-34(52-32)30-20-25(10-14-49-37(43)44)17-26(21-30)11-15-50-38(45)46/h1-7,16-22H,8-15H2,(H4,39,40,47)(H4,41,42,48)(H4,43,44,49)(H4,45,46,50). The van der Waals surface area contributed by atoms with Crippen LogP contribution < -0.4 is 44.2 Å². The summed E-state index contributed by atoms with van der Waals surface area (Å²) in [5, 5.41) is 41.5. The normalized spacial score (nSPS) is 10.8. The molecule has 0 aliphatic heterocycles. The first-order valence-corrected chi connectivity index (χ1v) is 18.5. The van der Waals surface area contributed by atoms with Crippen molar-refractivity contribution < 1.29 is 0 Å². The van der Waals surface area contributed by atoms with Crippen LogP contribution in [0.4, 0.5) is 0 Å². The van der Waals surface area contributed by atoms with E-state index in [2.05, 4.69) is 106 Å². The summed E-state index contributed by atoms with van der Waals surface area (Å²) in [4.78, 5) is 4.67. The molecule has 3 aromatic carbocycles. The summed E-state index contributed by atoms with van der Waals surface area (Å²) in [6.45, 7) is 2.28. The third-order valence-corrected chi connectivity index (χ3v) is 10.6. The largest absolute Gasteiger partial charge is 0.370 e. The Morgan fingerprint density at radius 3 is 0.981 bits per heavy atom. The fraction of sp³-hybridized carbons (Fsp3) is 0.211. The highest BCUT2D eigenvalue weighted by Crippen LogP contribution is 2.39. The van der Waals surface area contributed by atoms with Gasteiger partial charge in [-0.05, 0) is 101 Å². The van der Waals surface area contributed by atoms with Gasteiger partial charge >= 0.3 is 0 Å². The topological polar surface area (TPSA) is 248 Å². The molecule has 0 saturated carbocycles. The molecule has 0 aliphatic rings. The minimum Gasteiger partial charge on any atom is -0.370 e. The first kappa shape index (κ1) is 37.4. The van der Waals surface area contributed by atoms with Crippen LogP contribution in [0.25, 0.3) is 41.8 Å². The maximum atomic E-state index is 7.49. The van der Waals surface area contributed by atoms with E-state index in [1.807, 2.05) is 0 Å². The second-order valence-electron chi connectivity index (χ2n) is 12.3. The number of hydrogen-bond acceptors (Lipinski definition) is 6. The van der Waals surface area contributed by atoms with E-state index in [-0.39, 0.29) is 23.8 Å². The summed E-state index contributed by atoms with van der Waals surface area (Å²) in [5.74, 6) is -0.168. The molecule has 52 heavy (non-hydrogen) atoms. The molecule has 0 fully saturated rings. The Balaban J connectivity index is 1.37. The third-order valence-electron chi connectivity index (χ3n) is 8.23. The van der Waals surface area contributed by atoms with Gasteiger partial charge in [-0.25, -0.2) is 0 Å². The van der Waals surface area contributed by atoms with Crippen LogP contribution in [0.1, 0.15) is 22.3 Å². The van der Waals surface area contributed by atoms with Gasteiger partial charge in [0.15, 0.2) is 23.8 Å². The Labute approximate surface area is 312 Å². The summed E-state index contributed by atoms with van der Waals surface area (Å²) in [6, 6.07) is 30.5. The van der Waals surface area contributed by atoms with E-state index in [0.29, 0.717) is 26.2 Å². The van der Waals surface area contributed by atoms with Gasteiger partial charge in [-0.2, -0.15) is 0 Å². The molecule has 0 atom stereocenters. The maximum absolute atomic E-state index is 7.49. The Morgan fingerprint density at radius 2 is 0.692 bits per heavy atom. The fourth-order valence-electron chi connectivity index (χ4n) is 5.88. The predicted octanol–water partition coefficient (Wildman–Crippen LogP) is 4.58. The van der Waals surface area contributed by atoms with E-state index in [1.54, 1.807) is 22.7 Å². The van der Waals surface area contributed by atoms with Crippen molar-refractivity contribution in [3.05, 3.63) is 107 Å². The van der Waals surface area contributed by atoms with Crippen LogP contribution in [0.5, 0.6) is 0 Å². The van der Waals surface area contributed by atoms with Crippen LogP contribution in [-0.2, 0) is 25.7 Å². The maximum Gasteiger partial charge on any atom is 0.185 e. The van der Waals surface area contributed by atoms with E-state index in [9.17, 15) is 0 Å². The lowest BCUT2D eigenvalue weighted by molar-refractivity contribution is 0.838. The minimum atomic E-state index is -0.0419. The molecule has 0 aliphatic carbocycles. The van der Waals surface area contributed by atoms with Crippen LogP contribution in [0.2, 0.25) is 0 Å². The van der Waals surface area contributed by atoms with Crippen molar-refractivity contribution in [2.24, 2.45) is 22.9 Å². The number of guanidine groups is 4. The highest BCUT2D eigenvalue weighted by Gasteiger charge is 2.12. The Morgan fingerprint density at radius 1 is 0.404 bits per heavy atom. The van der Waals surface area contributed by atoms with E-state index in [0.717, 1.165) is 79.9 Å². The Hall–Kier alpha value is -5.86. The molecule has 14 heteroatoms. The van der Waals surface area contributed by atoms with Crippen molar-refractivity contribution >= 4 is 46.5 Å². The summed E-state index contributed by atoms with van der Waals surface area (Å²) < 4.78 is 0. The molecule has 0 saturated heterocycles. The van der Waals surface area contributed by atoms with Crippen LogP contribution >= 0.6 is 22.7 Å². The SMILES string of the molecule is N=C(N)NCCc1cc(CCNC(=N)N)cc(-c2ccc(-c3cccc(-c4ccc(-c5cc(CCNC(=N)N)cc(CCNC(=N)N)c5)s4)c3)s2)c1. The van der Waals surface area contributed by atoms with Gasteiger partial charge in [-0.3, -0.25) is 21.6 Å². The summed E-state index contributed by atoms with van der Waals surface area (Å²) in [5.41, 5.74) is 31.2. The van der Waals surface area contributed by atoms with Gasteiger partial charge in [-0.15, -0.1) is 22.7 Å². The summed E-state index contributed by atoms with van der Waals surface area (Å²) in [6.07, 6.45) is 2.90. The molecule has 2 aromatic heterocycles. The fourth-order valence-corrected chi connectivity index (χ4v) is 7.85. The molecule has 0 amide bonds. The third kappa shape index (κ3) is 11.1. The zero-order chi connectivity index (χ0) is 37.0. The lowest BCUT2D eigenvalue weighted by atomic mass is 10.0. The highest BCUT2D eigenvalue weighted by atomic mass is 32.1. The molecule has 5 rings (SSSR count). The number of thiophene rings is 2. The quantitative estimate of drug-likeness (QED) is 0.0504. The first-order valence-electron chi connectivity index (χ1n) is 16.9. The Bertz CT molecular complexity index is 1830. The van der Waals surface area contributed by atoms with Gasteiger partial charge in [0, 0.05) is 45.7 Å².